The Labute approximate surface area is 106 Å². The normalized spacial score (nSPS) is 10.5. The minimum atomic E-state index is 0.873. The van der Waals surface area contributed by atoms with Crippen molar-refractivity contribution in [1.82, 2.24) is 4.98 Å². The van der Waals surface area contributed by atoms with Crippen LogP contribution in [-0.2, 0) is 0 Å². The zero-order valence-electron chi connectivity index (χ0n) is 10.1. The van der Waals surface area contributed by atoms with Gasteiger partial charge in [0.2, 0.25) is 0 Å². The lowest BCUT2D eigenvalue weighted by Crippen LogP contribution is -1.88. The summed E-state index contributed by atoms with van der Waals surface area (Å²) in [5, 5.41) is 0. The number of benzene rings is 1. The maximum Gasteiger partial charge on any atom is 0.133 e. The molecule has 0 atom stereocenters. The van der Waals surface area contributed by atoms with Gasteiger partial charge in [0.1, 0.15) is 5.76 Å². The SMILES string of the molecule is Cc1cc(-c2ccco2)cc(-c2ccccc2)n1. The number of hydrogen-bond donors (Lipinski definition) is 0. The highest BCUT2D eigenvalue weighted by Crippen LogP contribution is 2.25. The molecule has 0 unspecified atom stereocenters. The second kappa shape index (κ2) is 4.49. The first kappa shape index (κ1) is 10.8. The first-order valence-corrected chi connectivity index (χ1v) is 5.91. The molecule has 88 valence electrons. The average Bonchev–Trinajstić information content (AvgIpc) is 2.93. The molecule has 0 aliphatic rings. The van der Waals surface area contributed by atoms with Gasteiger partial charge in [-0.05, 0) is 31.2 Å². The molecule has 0 bridgehead atoms. The highest BCUT2D eigenvalue weighted by molar-refractivity contribution is 5.68. The van der Waals surface area contributed by atoms with E-state index in [1.807, 2.05) is 43.3 Å². The Morgan fingerprint density at radius 1 is 0.889 bits per heavy atom. The fraction of sp³-hybridized carbons (Fsp3) is 0.0625. The summed E-state index contributed by atoms with van der Waals surface area (Å²) in [6.07, 6.45) is 1.69. The highest BCUT2D eigenvalue weighted by atomic mass is 16.3. The largest absolute Gasteiger partial charge is 0.464 e. The van der Waals surface area contributed by atoms with Crippen molar-refractivity contribution in [2.45, 2.75) is 6.92 Å². The zero-order chi connectivity index (χ0) is 12.4. The van der Waals surface area contributed by atoms with E-state index < -0.39 is 0 Å². The average molecular weight is 235 g/mol. The van der Waals surface area contributed by atoms with Gasteiger partial charge in [0.15, 0.2) is 0 Å². The fourth-order valence-electron chi connectivity index (χ4n) is 2.01. The molecule has 0 saturated heterocycles. The lowest BCUT2D eigenvalue weighted by Gasteiger charge is -2.05. The summed E-state index contributed by atoms with van der Waals surface area (Å²) in [4.78, 5) is 4.57. The quantitative estimate of drug-likeness (QED) is 0.661. The molecule has 0 N–H and O–H groups in total. The lowest BCUT2D eigenvalue weighted by molar-refractivity contribution is 0.582. The number of hydrogen-bond acceptors (Lipinski definition) is 2. The van der Waals surface area contributed by atoms with Gasteiger partial charge in [-0.1, -0.05) is 30.3 Å². The molecule has 0 radical (unpaired) electrons. The van der Waals surface area contributed by atoms with Crippen LogP contribution in [0.25, 0.3) is 22.6 Å². The summed E-state index contributed by atoms with van der Waals surface area (Å²) in [7, 11) is 0. The third kappa shape index (κ3) is 2.05. The van der Waals surface area contributed by atoms with E-state index in [-0.39, 0.29) is 0 Å². The first-order chi connectivity index (χ1) is 8.83. The van der Waals surface area contributed by atoms with Gasteiger partial charge in [-0.3, -0.25) is 4.98 Å². The Kier molecular flexibility index (Phi) is 2.69. The summed E-state index contributed by atoms with van der Waals surface area (Å²) < 4.78 is 5.44. The second-order valence-corrected chi connectivity index (χ2v) is 4.23. The maximum absolute atomic E-state index is 5.44. The molecule has 18 heavy (non-hydrogen) atoms. The van der Waals surface area contributed by atoms with Crippen LogP contribution in [0.4, 0.5) is 0 Å². The molecule has 0 amide bonds. The molecule has 0 fully saturated rings. The van der Waals surface area contributed by atoms with Gasteiger partial charge >= 0.3 is 0 Å². The molecule has 2 heteroatoms. The van der Waals surface area contributed by atoms with Gasteiger partial charge in [0, 0.05) is 16.8 Å². The van der Waals surface area contributed by atoms with Crippen LogP contribution in [0.2, 0.25) is 0 Å². The third-order valence-corrected chi connectivity index (χ3v) is 2.83. The maximum atomic E-state index is 5.44. The van der Waals surface area contributed by atoms with E-state index >= 15 is 0 Å². The van der Waals surface area contributed by atoms with E-state index in [2.05, 4.69) is 23.2 Å². The topological polar surface area (TPSA) is 26.0 Å². The number of pyridine rings is 1. The van der Waals surface area contributed by atoms with Crippen molar-refractivity contribution >= 4 is 0 Å². The molecule has 0 spiro atoms. The molecule has 2 nitrogen and oxygen atoms in total. The standard InChI is InChI=1S/C16H13NO/c1-12-10-14(16-8-5-9-18-16)11-15(17-12)13-6-3-2-4-7-13/h2-11H,1H3. The Balaban J connectivity index is 2.12. The molecule has 1 aromatic carbocycles. The smallest absolute Gasteiger partial charge is 0.133 e. The number of rotatable bonds is 2. The van der Waals surface area contributed by atoms with Gasteiger partial charge in [0.25, 0.3) is 0 Å². The van der Waals surface area contributed by atoms with Gasteiger partial charge in [0.05, 0.1) is 12.0 Å². The summed E-state index contributed by atoms with van der Waals surface area (Å²) in [6.45, 7) is 2.00. The molecular weight excluding hydrogens is 222 g/mol. The van der Waals surface area contributed by atoms with Crippen LogP contribution in [0.1, 0.15) is 5.69 Å². The molecular formula is C16H13NO. The Bertz CT molecular complexity index is 642. The lowest BCUT2D eigenvalue weighted by atomic mass is 10.1. The molecule has 3 rings (SSSR count). The molecule has 0 aliphatic heterocycles. The highest BCUT2D eigenvalue weighted by Gasteiger charge is 2.06. The van der Waals surface area contributed by atoms with E-state index in [1.54, 1.807) is 6.26 Å². The summed E-state index contributed by atoms with van der Waals surface area (Å²) in [5.41, 5.74) is 4.14. The summed E-state index contributed by atoms with van der Waals surface area (Å²) in [6, 6.07) is 18.1. The number of aromatic nitrogens is 1. The number of nitrogens with zero attached hydrogens (tertiary/aromatic N) is 1. The Hall–Kier alpha value is -2.35. The third-order valence-electron chi connectivity index (χ3n) is 2.83. The van der Waals surface area contributed by atoms with Crippen LogP contribution >= 0.6 is 0 Å². The van der Waals surface area contributed by atoms with Crippen molar-refractivity contribution < 1.29 is 4.42 Å². The van der Waals surface area contributed by atoms with Crippen molar-refractivity contribution in [2.75, 3.05) is 0 Å². The summed E-state index contributed by atoms with van der Waals surface area (Å²) >= 11 is 0. The van der Waals surface area contributed by atoms with Crippen molar-refractivity contribution in [1.29, 1.82) is 0 Å². The molecule has 0 saturated carbocycles. The minimum Gasteiger partial charge on any atom is -0.464 e. The summed E-state index contributed by atoms with van der Waals surface area (Å²) in [5.74, 6) is 0.873. The van der Waals surface area contributed by atoms with Crippen molar-refractivity contribution in [3.8, 4) is 22.6 Å². The van der Waals surface area contributed by atoms with Gasteiger partial charge in [-0.25, -0.2) is 0 Å². The Morgan fingerprint density at radius 3 is 2.44 bits per heavy atom. The van der Waals surface area contributed by atoms with E-state index in [0.29, 0.717) is 0 Å². The van der Waals surface area contributed by atoms with E-state index in [9.17, 15) is 0 Å². The molecule has 0 aliphatic carbocycles. The van der Waals surface area contributed by atoms with Crippen molar-refractivity contribution in [3.63, 3.8) is 0 Å². The van der Waals surface area contributed by atoms with Gasteiger partial charge < -0.3 is 4.42 Å². The zero-order valence-corrected chi connectivity index (χ0v) is 10.1. The van der Waals surface area contributed by atoms with Crippen LogP contribution in [0.15, 0.2) is 65.3 Å². The monoisotopic (exact) mass is 235 g/mol. The number of furan rings is 1. The predicted molar refractivity (Wildman–Crippen MR) is 72.1 cm³/mol. The minimum absolute atomic E-state index is 0.873. The molecule has 2 aromatic heterocycles. The number of aryl methyl sites for hydroxylation is 1. The van der Waals surface area contributed by atoms with Crippen LogP contribution < -0.4 is 0 Å². The second-order valence-electron chi connectivity index (χ2n) is 4.23. The first-order valence-electron chi connectivity index (χ1n) is 5.91. The van der Waals surface area contributed by atoms with Crippen LogP contribution in [-0.4, -0.2) is 4.98 Å². The van der Waals surface area contributed by atoms with Crippen molar-refractivity contribution in [3.05, 3.63) is 66.6 Å². The Morgan fingerprint density at radius 2 is 1.72 bits per heavy atom. The van der Waals surface area contributed by atoms with E-state index in [1.165, 1.54) is 0 Å². The molecule has 2 heterocycles. The van der Waals surface area contributed by atoms with Crippen LogP contribution in [0.5, 0.6) is 0 Å². The van der Waals surface area contributed by atoms with Crippen molar-refractivity contribution in [2.24, 2.45) is 0 Å². The van der Waals surface area contributed by atoms with E-state index in [0.717, 1.165) is 28.3 Å². The van der Waals surface area contributed by atoms with E-state index in [4.69, 9.17) is 4.42 Å². The fourth-order valence-corrected chi connectivity index (χ4v) is 2.01. The van der Waals surface area contributed by atoms with Crippen LogP contribution in [0, 0.1) is 6.92 Å². The predicted octanol–water partition coefficient (Wildman–Crippen LogP) is 4.32. The van der Waals surface area contributed by atoms with Gasteiger partial charge in [-0.15, -0.1) is 0 Å². The molecule has 3 aromatic rings. The van der Waals surface area contributed by atoms with Gasteiger partial charge in [-0.2, -0.15) is 0 Å². The van der Waals surface area contributed by atoms with Crippen LogP contribution in [0.3, 0.4) is 0 Å².